The standard InChI is InChI=1S/C18H19NO2/c1-21-16-10-6-5-9-15(16)18(20)19-17(14-11-12-14)13-7-3-2-4-8-13/h2-10,14,17H,11-12H2,1H3,(H,19,20). The van der Waals surface area contributed by atoms with Gasteiger partial charge in [0.1, 0.15) is 5.75 Å². The molecule has 1 unspecified atom stereocenters. The highest BCUT2D eigenvalue weighted by molar-refractivity contribution is 5.97. The zero-order chi connectivity index (χ0) is 14.7. The molecule has 1 aliphatic rings. The van der Waals surface area contributed by atoms with Crippen LogP contribution in [0.3, 0.4) is 0 Å². The maximum Gasteiger partial charge on any atom is 0.255 e. The van der Waals surface area contributed by atoms with Crippen molar-refractivity contribution in [3.8, 4) is 5.75 Å². The van der Waals surface area contributed by atoms with Gasteiger partial charge in [-0.15, -0.1) is 0 Å². The largest absolute Gasteiger partial charge is 0.496 e. The molecule has 1 N–H and O–H groups in total. The number of hydrogen-bond donors (Lipinski definition) is 1. The topological polar surface area (TPSA) is 38.3 Å². The van der Waals surface area contributed by atoms with Gasteiger partial charge < -0.3 is 10.1 Å². The lowest BCUT2D eigenvalue weighted by atomic mass is 10.0. The molecule has 2 aromatic rings. The molecule has 0 bridgehead atoms. The number of ether oxygens (including phenoxy) is 1. The molecule has 1 aliphatic carbocycles. The van der Waals surface area contributed by atoms with Crippen molar-refractivity contribution in [1.29, 1.82) is 0 Å². The van der Waals surface area contributed by atoms with E-state index in [4.69, 9.17) is 4.74 Å². The Bertz CT molecular complexity index is 620. The van der Waals surface area contributed by atoms with E-state index < -0.39 is 0 Å². The molecule has 0 heterocycles. The van der Waals surface area contributed by atoms with Crippen molar-refractivity contribution < 1.29 is 9.53 Å². The smallest absolute Gasteiger partial charge is 0.255 e. The van der Waals surface area contributed by atoms with E-state index in [9.17, 15) is 4.79 Å². The number of nitrogens with one attached hydrogen (secondary N) is 1. The van der Waals surface area contributed by atoms with E-state index in [2.05, 4.69) is 17.4 Å². The van der Waals surface area contributed by atoms with Gasteiger partial charge in [0.05, 0.1) is 18.7 Å². The van der Waals surface area contributed by atoms with E-state index in [1.807, 2.05) is 36.4 Å². The van der Waals surface area contributed by atoms with E-state index in [0.717, 1.165) is 0 Å². The van der Waals surface area contributed by atoms with Crippen LogP contribution in [-0.4, -0.2) is 13.0 Å². The summed E-state index contributed by atoms with van der Waals surface area (Å²) in [5.74, 6) is 1.08. The lowest BCUT2D eigenvalue weighted by Crippen LogP contribution is -2.30. The molecule has 3 rings (SSSR count). The molecule has 0 radical (unpaired) electrons. The summed E-state index contributed by atoms with van der Waals surface area (Å²) in [7, 11) is 1.59. The normalized spacial score (nSPS) is 15.3. The van der Waals surface area contributed by atoms with E-state index in [1.165, 1.54) is 18.4 Å². The molecule has 0 spiro atoms. The first-order chi connectivity index (χ1) is 10.3. The number of para-hydroxylation sites is 1. The summed E-state index contributed by atoms with van der Waals surface area (Å²) in [6.45, 7) is 0. The van der Waals surface area contributed by atoms with Gasteiger partial charge in [-0.05, 0) is 36.5 Å². The van der Waals surface area contributed by atoms with Gasteiger partial charge in [0.25, 0.3) is 5.91 Å². The van der Waals surface area contributed by atoms with Crippen molar-refractivity contribution in [2.24, 2.45) is 5.92 Å². The number of carbonyl (C=O) groups excluding carboxylic acids is 1. The SMILES string of the molecule is COc1ccccc1C(=O)NC(c1ccccc1)C1CC1. The molecule has 0 aromatic heterocycles. The third-order valence-corrected chi connectivity index (χ3v) is 3.89. The Labute approximate surface area is 124 Å². The summed E-state index contributed by atoms with van der Waals surface area (Å²) < 4.78 is 5.27. The number of methoxy groups -OCH3 is 1. The first-order valence-electron chi connectivity index (χ1n) is 7.28. The van der Waals surface area contributed by atoms with Crippen molar-refractivity contribution in [3.05, 3.63) is 65.7 Å². The van der Waals surface area contributed by atoms with Gasteiger partial charge >= 0.3 is 0 Å². The summed E-state index contributed by atoms with van der Waals surface area (Å²) in [5, 5.41) is 3.17. The molecule has 108 valence electrons. The molecule has 0 aliphatic heterocycles. The average molecular weight is 281 g/mol. The second-order valence-electron chi connectivity index (χ2n) is 5.40. The van der Waals surface area contributed by atoms with Crippen molar-refractivity contribution in [3.63, 3.8) is 0 Å². The molecule has 1 fully saturated rings. The zero-order valence-electron chi connectivity index (χ0n) is 12.1. The average Bonchev–Trinajstić information content (AvgIpc) is 3.38. The summed E-state index contributed by atoms with van der Waals surface area (Å²) >= 11 is 0. The molecular weight excluding hydrogens is 262 g/mol. The van der Waals surface area contributed by atoms with E-state index in [0.29, 0.717) is 17.2 Å². The predicted octanol–water partition coefficient (Wildman–Crippen LogP) is 3.58. The van der Waals surface area contributed by atoms with Crippen LogP contribution in [0.5, 0.6) is 5.75 Å². The maximum atomic E-state index is 12.5. The summed E-state index contributed by atoms with van der Waals surface area (Å²) in [6, 6.07) is 17.6. The maximum absolute atomic E-state index is 12.5. The van der Waals surface area contributed by atoms with Crippen LogP contribution >= 0.6 is 0 Å². The minimum atomic E-state index is -0.0757. The van der Waals surface area contributed by atoms with Crippen LogP contribution in [0.25, 0.3) is 0 Å². The van der Waals surface area contributed by atoms with Gasteiger partial charge in [-0.1, -0.05) is 42.5 Å². The van der Waals surface area contributed by atoms with Crippen LogP contribution in [-0.2, 0) is 0 Å². The third-order valence-electron chi connectivity index (χ3n) is 3.89. The van der Waals surface area contributed by atoms with Crippen molar-refractivity contribution in [2.75, 3.05) is 7.11 Å². The van der Waals surface area contributed by atoms with Crippen LogP contribution in [0, 0.1) is 5.92 Å². The number of hydrogen-bond acceptors (Lipinski definition) is 2. The molecule has 2 aromatic carbocycles. The molecule has 0 saturated heterocycles. The number of amides is 1. The lowest BCUT2D eigenvalue weighted by molar-refractivity contribution is 0.0928. The molecule has 3 heteroatoms. The lowest BCUT2D eigenvalue weighted by Gasteiger charge is -2.19. The molecule has 21 heavy (non-hydrogen) atoms. The van der Waals surface area contributed by atoms with Crippen molar-refractivity contribution in [1.82, 2.24) is 5.32 Å². The Morgan fingerprint density at radius 3 is 2.43 bits per heavy atom. The van der Waals surface area contributed by atoms with Gasteiger partial charge in [0, 0.05) is 0 Å². The van der Waals surface area contributed by atoms with E-state index in [-0.39, 0.29) is 11.9 Å². The van der Waals surface area contributed by atoms with E-state index in [1.54, 1.807) is 13.2 Å². The van der Waals surface area contributed by atoms with E-state index >= 15 is 0 Å². The first-order valence-corrected chi connectivity index (χ1v) is 7.28. The fourth-order valence-electron chi connectivity index (χ4n) is 2.61. The zero-order valence-corrected chi connectivity index (χ0v) is 12.1. The fraction of sp³-hybridized carbons (Fsp3) is 0.278. The van der Waals surface area contributed by atoms with Gasteiger partial charge in [-0.25, -0.2) is 0 Å². The van der Waals surface area contributed by atoms with Gasteiger partial charge in [0.15, 0.2) is 0 Å². The highest BCUT2D eigenvalue weighted by atomic mass is 16.5. The molecule has 3 nitrogen and oxygen atoms in total. The third kappa shape index (κ3) is 3.07. The van der Waals surface area contributed by atoms with Crippen LogP contribution in [0.1, 0.15) is 34.8 Å². The van der Waals surface area contributed by atoms with Crippen molar-refractivity contribution in [2.45, 2.75) is 18.9 Å². The minimum Gasteiger partial charge on any atom is -0.496 e. The second-order valence-corrected chi connectivity index (χ2v) is 5.40. The molecule has 1 saturated carbocycles. The summed E-state index contributed by atoms with van der Waals surface area (Å²) in [6.07, 6.45) is 2.34. The Morgan fingerprint density at radius 2 is 1.76 bits per heavy atom. The van der Waals surface area contributed by atoms with Gasteiger partial charge in [0.2, 0.25) is 0 Å². The van der Waals surface area contributed by atoms with Crippen LogP contribution < -0.4 is 10.1 Å². The number of benzene rings is 2. The van der Waals surface area contributed by atoms with Crippen LogP contribution in [0.4, 0.5) is 0 Å². The molecule has 1 amide bonds. The Balaban J connectivity index is 1.82. The first kappa shape index (κ1) is 13.7. The Kier molecular flexibility index (Phi) is 3.91. The van der Waals surface area contributed by atoms with Crippen LogP contribution in [0.15, 0.2) is 54.6 Å². The quantitative estimate of drug-likeness (QED) is 0.909. The van der Waals surface area contributed by atoms with Crippen molar-refractivity contribution >= 4 is 5.91 Å². The fourth-order valence-corrected chi connectivity index (χ4v) is 2.61. The van der Waals surface area contributed by atoms with Crippen LogP contribution in [0.2, 0.25) is 0 Å². The molecular formula is C18H19NO2. The highest BCUT2D eigenvalue weighted by Crippen LogP contribution is 2.41. The van der Waals surface area contributed by atoms with Gasteiger partial charge in [-0.2, -0.15) is 0 Å². The second kappa shape index (κ2) is 6.00. The predicted molar refractivity (Wildman–Crippen MR) is 82.4 cm³/mol. The highest BCUT2D eigenvalue weighted by Gasteiger charge is 2.33. The number of carbonyl (C=O) groups is 1. The monoisotopic (exact) mass is 281 g/mol. The Morgan fingerprint density at radius 1 is 1.10 bits per heavy atom. The summed E-state index contributed by atoms with van der Waals surface area (Å²) in [5.41, 5.74) is 1.75. The molecule has 1 atom stereocenters. The number of rotatable bonds is 5. The minimum absolute atomic E-state index is 0.0757. The summed E-state index contributed by atoms with van der Waals surface area (Å²) in [4.78, 5) is 12.5. The van der Waals surface area contributed by atoms with Gasteiger partial charge in [-0.3, -0.25) is 4.79 Å². The Hall–Kier alpha value is -2.29.